The third kappa shape index (κ3) is 2.98. The summed E-state index contributed by atoms with van der Waals surface area (Å²) < 4.78 is 7.02. The van der Waals surface area contributed by atoms with E-state index in [1.807, 2.05) is 32.9 Å². The Morgan fingerprint density at radius 1 is 1.35 bits per heavy atom. The van der Waals surface area contributed by atoms with E-state index >= 15 is 0 Å². The molecule has 0 aliphatic heterocycles. The van der Waals surface area contributed by atoms with E-state index in [2.05, 4.69) is 20.4 Å². The largest absolute Gasteiger partial charge is 0.476 e. The summed E-state index contributed by atoms with van der Waals surface area (Å²) in [6.07, 6.45) is 4.97. The minimum absolute atomic E-state index is 0.300. The van der Waals surface area contributed by atoms with Crippen LogP contribution in [-0.2, 0) is 0 Å². The SMILES string of the molecule is CCOc1ncc(C)cc1NC(=O)c1cnn2ccc(C)nc12. The van der Waals surface area contributed by atoms with Crippen LogP contribution in [0.15, 0.2) is 30.7 Å². The molecule has 3 aromatic rings. The minimum atomic E-state index is -0.300. The number of fused-ring (bicyclic) bond motifs is 1. The van der Waals surface area contributed by atoms with Crippen LogP contribution >= 0.6 is 0 Å². The Labute approximate surface area is 133 Å². The molecule has 0 spiro atoms. The zero-order valence-corrected chi connectivity index (χ0v) is 13.2. The molecule has 0 aliphatic rings. The van der Waals surface area contributed by atoms with Gasteiger partial charge in [0.15, 0.2) is 5.65 Å². The van der Waals surface area contributed by atoms with Gasteiger partial charge in [-0.3, -0.25) is 4.79 Å². The first kappa shape index (κ1) is 15.0. The molecule has 0 bridgehead atoms. The van der Waals surface area contributed by atoms with Gasteiger partial charge in [0.05, 0.1) is 12.8 Å². The minimum Gasteiger partial charge on any atom is -0.476 e. The fraction of sp³-hybridized carbons (Fsp3) is 0.250. The number of nitrogens with zero attached hydrogens (tertiary/aromatic N) is 4. The lowest BCUT2D eigenvalue weighted by Gasteiger charge is -2.10. The molecule has 7 nitrogen and oxygen atoms in total. The fourth-order valence-corrected chi connectivity index (χ4v) is 2.21. The van der Waals surface area contributed by atoms with Crippen LogP contribution in [0.5, 0.6) is 5.88 Å². The van der Waals surface area contributed by atoms with Gasteiger partial charge < -0.3 is 10.1 Å². The lowest BCUT2D eigenvalue weighted by molar-refractivity contribution is 0.102. The van der Waals surface area contributed by atoms with Crippen LogP contribution in [0.4, 0.5) is 5.69 Å². The summed E-state index contributed by atoms with van der Waals surface area (Å²) >= 11 is 0. The number of amides is 1. The standard InChI is InChI=1S/C16H17N5O2/c1-4-23-16-13(7-10(2)8-17-16)20-15(22)12-9-18-21-6-5-11(3)19-14(12)21/h5-9H,4H2,1-3H3,(H,20,22). The van der Waals surface area contributed by atoms with Crippen LogP contribution in [0.25, 0.3) is 5.65 Å². The lowest BCUT2D eigenvalue weighted by Crippen LogP contribution is -2.14. The highest BCUT2D eigenvalue weighted by molar-refractivity contribution is 6.08. The van der Waals surface area contributed by atoms with Crippen molar-refractivity contribution < 1.29 is 9.53 Å². The van der Waals surface area contributed by atoms with Gasteiger partial charge in [-0.15, -0.1) is 0 Å². The smallest absolute Gasteiger partial charge is 0.261 e. The van der Waals surface area contributed by atoms with Crippen LogP contribution in [0.3, 0.4) is 0 Å². The van der Waals surface area contributed by atoms with Crippen molar-refractivity contribution in [3.8, 4) is 5.88 Å². The molecule has 1 N–H and O–H groups in total. The van der Waals surface area contributed by atoms with E-state index in [4.69, 9.17) is 4.74 Å². The monoisotopic (exact) mass is 311 g/mol. The second kappa shape index (κ2) is 6.04. The Morgan fingerprint density at radius 3 is 2.96 bits per heavy atom. The highest BCUT2D eigenvalue weighted by Crippen LogP contribution is 2.23. The van der Waals surface area contributed by atoms with Crippen molar-refractivity contribution >= 4 is 17.2 Å². The first-order valence-electron chi connectivity index (χ1n) is 7.30. The predicted octanol–water partition coefficient (Wildman–Crippen LogP) is 2.39. The second-order valence-electron chi connectivity index (χ2n) is 5.15. The van der Waals surface area contributed by atoms with Gasteiger partial charge in [-0.1, -0.05) is 0 Å². The average molecular weight is 311 g/mol. The topological polar surface area (TPSA) is 81.4 Å². The highest BCUT2D eigenvalue weighted by atomic mass is 16.5. The third-order valence-electron chi connectivity index (χ3n) is 3.27. The van der Waals surface area contributed by atoms with Gasteiger partial charge in [0.2, 0.25) is 5.88 Å². The summed E-state index contributed by atoms with van der Waals surface area (Å²) in [7, 11) is 0. The normalized spacial score (nSPS) is 10.7. The van der Waals surface area contributed by atoms with Gasteiger partial charge in [0.25, 0.3) is 5.91 Å². The van der Waals surface area contributed by atoms with Crippen molar-refractivity contribution in [2.24, 2.45) is 0 Å². The average Bonchev–Trinajstić information content (AvgIpc) is 2.93. The second-order valence-corrected chi connectivity index (χ2v) is 5.15. The maximum atomic E-state index is 12.6. The number of anilines is 1. The maximum Gasteiger partial charge on any atom is 0.261 e. The Morgan fingerprint density at radius 2 is 2.17 bits per heavy atom. The van der Waals surface area contributed by atoms with Gasteiger partial charge in [-0.05, 0) is 38.5 Å². The van der Waals surface area contributed by atoms with Crippen molar-refractivity contribution in [2.75, 3.05) is 11.9 Å². The molecular weight excluding hydrogens is 294 g/mol. The maximum absolute atomic E-state index is 12.6. The van der Waals surface area contributed by atoms with Gasteiger partial charge in [0, 0.05) is 18.1 Å². The van der Waals surface area contributed by atoms with E-state index in [-0.39, 0.29) is 5.91 Å². The van der Waals surface area contributed by atoms with Crippen LogP contribution in [0.1, 0.15) is 28.5 Å². The molecule has 0 aliphatic carbocycles. The van der Waals surface area contributed by atoms with Crippen LogP contribution in [-0.4, -0.2) is 32.1 Å². The van der Waals surface area contributed by atoms with Crippen LogP contribution < -0.4 is 10.1 Å². The molecule has 0 aromatic carbocycles. The van der Waals surface area contributed by atoms with Crippen LogP contribution in [0.2, 0.25) is 0 Å². The molecule has 3 heterocycles. The zero-order valence-electron chi connectivity index (χ0n) is 13.2. The summed E-state index contributed by atoms with van der Waals surface area (Å²) in [6, 6.07) is 3.65. The number of hydrogen-bond donors (Lipinski definition) is 1. The Balaban J connectivity index is 1.95. The van der Waals surface area contributed by atoms with Gasteiger partial charge in [0.1, 0.15) is 11.3 Å². The fourth-order valence-electron chi connectivity index (χ4n) is 2.21. The molecule has 23 heavy (non-hydrogen) atoms. The number of carbonyl (C=O) groups is 1. The molecule has 0 saturated heterocycles. The van der Waals surface area contributed by atoms with Gasteiger partial charge in [-0.2, -0.15) is 5.10 Å². The number of ether oxygens (including phenoxy) is 1. The lowest BCUT2D eigenvalue weighted by atomic mass is 10.2. The number of hydrogen-bond acceptors (Lipinski definition) is 5. The number of carbonyl (C=O) groups excluding carboxylic acids is 1. The van der Waals surface area contributed by atoms with Gasteiger partial charge in [-0.25, -0.2) is 14.5 Å². The molecule has 0 radical (unpaired) electrons. The molecule has 3 aromatic heterocycles. The van der Waals surface area contributed by atoms with E-state index in [9.17, 15) is 4.79 Å². The summed E-state index contributed by atoms with van der Waals surface area (Å²) in [5.74, 6) is 0.0958. The summed E-state index contributed by atoms with van der Waals surface area (Å²) in [5.41, 5.74) is 3.19. The Kier molecular flexibility index (Phi) is 3.92. The summed E-state index contributed by atoms with van der Waals surface area (Å²) in [4.78, 5) is 21.2. The Hall–Kier alpha value is -2.96. The van der Waals surface area contributed by atoms with E-state index in [1.54, 1.807) is 16.9 Å². The molecule has 118 valence electrons. The van der Waals surface area contributed by atoms with Crippen LogP contribution in [0, 0.1) is 13.8 Å². The molecule has 0 unspecified atom stereocenters. The predicted molar refractivity (Wildman–Crippen MR) is 85.8 cm³/mol. The number of aromatic nitrogens is 4. The number of aryl methyl sites for hydroxylation is 2. The van der Waals surface area contributed by atoms with Crippen molar-refractivity contribution in [3.63, 3.8) is 0 Å². The van der Waals surface area contributed by atoms with Crippen molar-refractivity contribution in [1.82, 2.24) is 19.6 Å². The number of nitrogens with one attached hydrogen (secondary N) is 1. The Bertz CT molecular complexity index is 872. The third-order valence-corrected chi connectivity index (χ3v) is 3.27. The molecule has 1 amide bonds. The summed E-state index contributed by atoms with van der Waals surface area (Å²) in [6.45, 7) is 6.10. The van der Waals surface area contributed by atoms with E-state index in [0.717, 1.165) is 11.3 Å². The first-order chi connectivity index (χ1) is 11.1. The first-order valence-corrected chi connectivity index (χ1v) is 7.30. The molecule has 0 fully saturated rings. The molecular formula is C16H17N5O2. The molecule has 3 rings (SSSR count). The van der Waals surface area contributed by atoms with Crippen molar-refractivity contribution in [2.45, 2.75) is 20.8 Å². The highest BCUT2D eigenvalue weighted by Gasteiger charge is 2.16. The molecule has 0 atom stereocenters. The van der Waals surface area contributed by atoms with Crippen molar-refractivity contribution in [1.29, 1.82) is 0 Å². The zero-order chi connectivity index (χ0) is 16.4. The summed E-state index contributed by atoms with van der Waals surface area (Å²) in [5, 5.41) is 6.98. The number of pyridine rings is 1. The van der Waals surface area contributed by atoms with E-state index < -0.39 is 0 Å². The van der Waals surface area contributed by atoms with E-state index in [0.29, 0.717) is 29.4 Å². The van der Waals surface area contributed by atoms with E-state index in [1.165, 1.54) is 6.20 Å². The number of rotatable bonds is 4. The quantitative estimate of drug-likeness (QED) is 0.800. The van der Waals surface area contributed by atoms with Gasteiger partial charge >= 0.3 is 0 Å². The van der Waals surface area contributed by atoms with Crippen molar-refractivity contribution in [3.05, 3.63) is 47.5 Å². The molecule has 0 saturated carbocycles. The molecule has 7 heteroatoms.